The topological polar surface area (TPSA) is 98.7 Å². The van der Waals surface area contributed by atoms with Crippen LogP contribution in [0.2, 0.25) is 0 Å². The summed E-state index contributed by atoms with van der Waals surface area (Å²) in [6.07, 6.45) is 3.48. The molecule has 9 heteroatoms. The molecule has 1 amide bonds. The Balaban J connectivity index is 1.45. The lowest BCUT2D eigenvalue weighted by atomic mass is 10.1. The van der Waals surface area contributed by atoms with E-state index < -0.39 is 0 Å². The van der Waals surface area contributed by atoms with Gasteiger partial charge in [-0.2, -0.15) is 5.10 Å². The zero-order valence-electron chi connectivity index (χ0n) is 17.0. The van der Waals surface area contributed by atoms with Crippen molar-refractivity contribution in [3.05, 3.63) is 89.8 Å². The second kappa shape index (κ2) is 8.03. The standard InChI is InChI=1S/C23H17FN6O2/c1-14-21-18(12-19(26-23(21)32-29-14)15-5-7-16(24)8-6-15)22(31)27-20-9-11-30(28-20)13-17-4-2-3-10-25-17/h2-12H,13H2,1H3,(H,27,28,31). The van der Waals surface area contributed by atoms with Crippen molar-refractivity contribution in [1.82, 2.24) is 24.9 Å². The lowest BCUT2D eigenvalue weighted by Gasteiger charge is -2.07. The van der Waals surface area contributed by atoms with Crippen LogP contribution in [0.5, 0.6) is 0 Å². The number of aromatic nitrogens is 5. The molecule has 0 unspecified atom stereocenters. The molecule has 32 heavy (non-hydrogen) atoms. The zero-order valence-corrected chi connectivity index (χ0v) is 17.0. The number of hydrogen-bond donors (Lipinski definition) is 1. The first kappa shape index (κ1) is 19.6. The molecule has 5 rings (SSSR count). The van der Waals surface area contributed by atoms with Crippen molar-refractivity contribution in [2.24, 2.45) is 0 Å². The van der Waals surface area contributed by atoms with Gasteiger partial charge in [-0.3, -0.25) is 14.5 Å². The highest BCUT2D eigenvalue weighted by atomic mass is 19.1. The minimum atomic E-state index is -0.379. The number of nitrogens with zero attached hydrogens (tertiary/aromatic N) is 5. The second-order valence-corrected chi connectivity index (χ2v) is 7.18. The molecule has 0 aliphatic carbocycles. The molecule has 158 valence electrons. The highest BCUT2D eigenvalue weighted by Crippen LogP contribution is 2.27. The van der Waals surface area contributed by atoms with Gasteiger partial charge in [0.1, 0.15) is 5.82 Å². The van der Waals surface area contributed by atoms with Crippen LogP contribution in [0.15, 0.2) is 71.5 Å². The normalized spacial score (nSPS) is 11.1. The number of amides is 1. The average molecular weight is 428 g/mol. The molecule has 0 aliphatic rings. The minimum Gasteiger partial charge on any atom is -0.335 e. The van der Waals surface area contributed by atoms with E-state index in [1.807, 2.05) is 18.2 Å². The van der Waals surface area contributed by atoms with Crippen molar-refractivity contribution < 1.29 is 13.7 Å². The summed E-state index contributed by atoms with van der Waals surface area (Å²) in [5.41, 5.74) is 3.09. The van der Waals surface area contributed by atoms with Gasteiger partial charge in [0.2, 0.25) is 0 Å². The molecule has 4 aromatic heterocycles. The highest BCUT2D eigenvalue weighted by molar-refractivity contribution is 6.12. The molecule has 8 nitrogen and oxygen atoms in total. The second-order valence-electron chi connectivity index (χ2n) is 7.18. The number of anilines is 1. The number of aryl methyl sites for hydroxylation is 1. The smallest absolute Gasteiger partial charge is 0.259 e. The Kier molecular flexibility index (Phi) is 4.91. The molecule has 1 N–H and O–H groups in total. The molecule has 0 fully saturated rings. The summed E-state index contributed by atoms with van der Waals surface area (Å²) < 4.78 is 20.3. The predicted octanol–water partition coefficient (Wildman–Crippen LogP) is 4.23. The Hall–Kier alpha value is -4.40. The molecule has 0 saturated heterocycles. The van der Waals surface area contributed by atoms with E-state index in [1.54, 1.807) is 48.3 Å². The lowest BCUT2D eigenvalue weighted by molar-refractivity contribution is 0.102. The molecule has 1 aromatic carbocycles. The van der Waals surface area contributed by atoms with Crippen molar-refractivity contribution in [3.8, 4) is 11.3 Å². The first-order valence-electron chi connectivity index (χ1n) is 9.84. The number of pyridine rings is 2. The van der Waals surface area contributed by atoms with Gasteiger partial charge in [-0.1, -0.05) is 11.2 Å². The monoisotopic (exact) mass is 428 g/mol. The Labute approximate surface area is 181 Å². The van der Waals surface area contributed by atoms with Crippen LogP contribution < -0.4 is 5.32 Å². The SMILES string of the molecule is Cc1noc2nc(-c3ccc(F)cc3)cc(C(=O)Nc3ccn(Cc4ccccn4)n3)c12. The molecule has 0 atom stereocenters. The summed E-state index contributed by atoms with van der Waals surface area (Å²) in [5, 5.41) is 11.7. The Morgan fingerprint density at radius 1 is 1.16 bits per heavy atom. The van der Waals surface area contributed by atoms with Crippen molar-refractivity contribution >= 4 is 22.8 Å². The minimum absolute atomic E-state index is 0.232. The maximum atomic E-state index is 13.3. The van der Waals surface area contributed by atoms with Crippen LogP contribution in [0, 0.1) is 12.7 Å². The fourth-order valence-electron chi connectivity index (χ4n) is 3.40. The number of rotatable bonds is 5. The Bertz CT molecular complexity index is 1410. The summed E-state index contributed by atoms with van der Waals surface area (Å²) in [6.45, 7) is 2.22. The first-order valence-corrected chi connectivity index (χ1v) is 9.84. The van der Waals surface area contributed by atoms with E-state index in [4.69, 9.17) is 4.52 Å². The van der Waals surface area contributed by atoms with Gasteiger partial charge in [-0.25, -0.2) is 9.37 Å². The third-order valence-corrected chi connectivity index (χ3v) is 4.93. The number of hydrogen-bond acceptors (Lipinski definition) is 6. The van der Waals surface area contributed by atoms with E-state index in [0.717, 1.165) is 5.69 Å². The predicted molar refractivity (Wildman–Crippen MR) is 115 cm³/mol. The van der Waals surface area contributed by atoms with Gasteiger partial charge in [0.15, 0.2) is 5.82 Å². The third-order valence-electron chi connectivity index (χ3n) is 4.93. The van der Waals surface area contributed by atoms with E-state index in [-0.39, 0.29) is 17.4 Å². The number of benzene rings is 1. The molecule has 5 aromatic rings. The Morgan fingerprint density at radius 3 is 2.78 bits per heavy atom. The number of halogens is 1. The first-order chi connectivity index (χ1) is 15.6. The van der Waals surface area contributed by atoms with E-state index in [2.05, 4.69) is 25.5 Å². The molecule has 0 spiro atoms. The zero-order chi connectivity index (χ0) is 22.1. The van der Waals surface area contributed by atoms with Crippen LogP contribution in [0.25, 0.3) is 22.4 Å². The highest BCUT2D eigenvalue weighted by Gasteiger charge is 2.20. The average Bonchev–Trinajstić information content (AvgIpc) is 3.40. The van der Waals surface area contributed by atoms with Crippen molar-refractivity contribution in [2.45, 2.75) is 13.5 Å². The number of nitrogens with one attached hydrogen (secondary N) is 1. The van der Waals surface area contributed by atoms with Crippen LogP contribution in [-0.4, -0.2) is 30.8 Å². The van der Waals surface area contributed by atoms with E-state index in [9.17, 15) is 9.18 Å². The van der Waals surface area contributed by atoms with Gasteiger partial charge < -0.3 is 9.84 Å². The fraction of sp³-hybridized carbons (Fsp3) is 0.0870. The van der Waals surface area contributed by atoms with Crippen LogP contribution in [0.1, 0.15) is 21.7 Å². The van der Waals surface area contributed by atoms with E-state index in [1.165, 1.54) is 12.1 Å². The number of fused-ring (bicyclic) bond motifs is 1. The lowest BCUT2D eigenvalue weighted by Crippen LogP contribution is -2.14. The molecular formula is C23H17FN6O2. The fourth-order valence-corrected chi connectivity index (χ4v) is 3.40. The maximum absolute atomic E-state index is 13.3. The molecule has 0 aliphatic heterocycles. The molecule has 0 saturated carbocycles. The third kappa shape index (κ3) is 3.83. The van der Waals surface area contributed by atoms with Gasteiger partial charge in [0, 0.05) is 24.0 Å². The summed E-state index contributed by atoms with van der Waals surface area (Å²) >= 11 is 0. The van der Waals surface area contributed by atoms with Crippen molar-refractivity contribution in [3.63, 3.8) is 0 Å². The van der Waals surface area contributed by atoms with Gasteiger partial charge in [0.05, 0.1) is 34.6 Å². The van der Waals surface area contributed by atoms with Gasteiger partial charge >= 0.3 is 0 Å². The van der Waals surface area contributed by atoms with E-state index in [0.29, 0.717) is 40.3 Å². The molecular weight excluding hydrogens is 411 g/mol. The van der Waals surface area contributed by atoms with Crippen LogP contribution in [-0.2, 0) is 6.54 Å². The van der Waals surface area contributed by atoms with Crippen LogP contribution in [0.3, 0.4) is 0 Å². The quantitative estimate of drug-likeness (QED) is 0.450. The van der Waals surface area contributed by atoms with Crippen LogP contribution in [0.4, 0.5) is 10.2 Å². The van der Waals surface area contributed by atoms with Crippen molar-refractivity contribution in [2.75, 3.05) is 5.32 Å². The number of carbonyl (C=O) groups excluding carboxylic acids is 1. The van der Waals surface area contributed by atoms with Crippen molar-refractivity contribution in [1.29, 1.82) is 0 Å². The molecule has 0 radical (unpaired) electrons. The molecule has 0 bridgehead atoms. The van der Waals surface area contributed by atoms with Gasteiger partial charge in [0.25, 0.3) is 11.6 Å². The largest absolute Gasteiger partial charge is 0.335 e. The number of carbonyl (C=O) groups is 1. The Morgan fingerprint density at radius 2 is 2.00 bits per heavy atom. The van der Waals surface area contributed by atoms with E-state index >= 15 is 0 Å². The summed E-state index contributed by atoms with van der Waals surface area (Å²) in [4.78, 5) is 21.9. The summed E-state index contributed by atoms with van der Waals surface area (Å²) in [6, 6.07) is 14.9. The van der Waals surface area contributed by atoms with Gasteiger partial charge in [-0.15, -0.1) is 0 Å². The maximum Gasteiger partial charge on any atom is 0.259 e. The van der Waals surface area contributed by atoms with Crippen LogP contribution >= 0.6 is 0 Å². The molecule has 4 heterocycles. The summed E-state index contributed by atoms with van der Waals surface area (Å²) in [7, 11) is 0. The summed E-state index contributed by atoms with van der Waals surface area (Å²) in [5.74, 6) is -0.340. The van der Waals surface area contributed by atoms with Gasteiger partial charge in [-0.05, 0) is 49.4 Å².